The molecule has 0 bridgehead atoms. The maximum absolute atomic E-state index is 2.62. The molecule has 0 nitrogen and oxygen atoms in total. The van der Waals surface area contributed by atoms with E-state index in [0.717, 1.165) is 3.63 Å². The Morgan fingerprint density at radius 1 is 0.639 bits per heavy atom. The van der Waals surface area contributed by atoms with E-state index in [-0.39, 0.29) is 35.6 Å². The van der Waals surface area contributed by atoms with Gasteiger partial charge in [-0.15, -0.1) is 0 Å². The SMILES string of the molecule is CC1=Cc2ccccc2[CH]1[Zr+2]1([CH]2c3cc(C(C)(C)C)ccc3-c3ccc(C(C)(C)C)cc32)[CH2][CH2]1.[Cl-].[Cl-]. The molecule has 1 heterocycles. The third kappa shape index (κ3) is 4.23. The topological polar surface area (TPSA) is 0 Å². The van der Waals surface area contributed by atoms with Crippen molar-refractivity contribution in [2.75, 3.05) is 0 Å². The number of rotatable bonds is 2. The van der Waals surface area contributed by atoms with Crippen LogP contribution in [0.4, 0.5) is 0 Å². The molecule has 3 heteroatoms. The van der Waals surface area contributed by atoms with Crippen molar-refractivity contribution in [1.29, 1.82) is 0 Å². The minimum atomic E-state index is -2.62. The first-order valence-corrected chi connectivity index (χ1v) is 19.4. The Morgan fingerprint density at radius 2 is 1.14 bits per heavy atom. The molecular weight excluding hydrogens is 558 g/mol. The number of hydrogen-bond donors (Lipinski definition) is 0. The minimum Gasteiger partial charge on any atom is -1.00 e. The van der Waals surface area contributed by atoms with E-state index in [9.17, 15) is 0 Å². The molecule has 1 aliphatic heterocycles. The van der Waals surface area contributed by atoms with Gasteiger partial charge in [0.15, 0.2) is 0 Å². The predicted molar refractivity (Wildman–Crippen MR) is 144 cm³/mol. The molecule has 0 spiro atoms. The summed E-state index contributed by atoms with van der Waals surface area (Å²) in [6.07, 6.45) is 2.50. The molecule has 3 aromatic carbocycles. The van der Waals surface area contributed by atoms with Gasteiger partial charge in [-0.05, 0) is 0 Å². The Hall–Kier alpha value is -1.14. The smallest absolute Gasteiger partial charge is 1.00 e. The van der Waals surface area contributed by atoms with E-state index in [4.69, 9.17) is 0 Å². The van der Waals surface area contributed by atoms with Crippen molar-refractivity contribution in [2.45, 2.75) is 74.8 Å². The van der Waals surface area contributed by atoms with E-state index in [1.165, 1.54) is 36.1 Å². The molecule has 188 valence electrons. The Labute approximate surface area is 235 Å². The zero-order chi connectivity index (χ0) is 24.0. The van der Waals surface area contributed by atoms with Crippen molar-refractivity contribution in [3.8, 4) is 11.1 Å². The van der Waals surface area contributed by atoms with E-state index < -0.39 is 20.3 Å². The fourth-order valence-corrected chi connectivity index (χ4v) is 24.3. The van der Waals surface area contributed by atoms with E-state index in [2.05, 4.69) is 115 Å². The van der Waals surface area contributed by atoms with Crippen molar-refractivity contribution in [2.24, 2.45) is 0 Å². The zero-order valence-electron chi connectivity index (χ0n) is 22.7. The van der Waals surface area contributed by atoms with E-state index in [1.807, 2.05) is 0 Å². The summed E-state index contributed by atoms with van der Waals surface area (Å²) in [5.41, 5.74) is 14.5. The molecule has 0 radical (unpaired) electrons. The Morgan fingerprint density at radius 3 is 1.61 bits per heavy atom. The first-order valence-electron chi connectivity index (χ1n) is 13.1. The molecule has 1 fully saturated rings. The third-order valence-electron chi connectivity index (χ3n) is 8.87. The standard InChI is InChI=1S/C21H25.C10H9.C2H4.2ClH.Zr/c1-20(2,3)16-7-9-18-14(12-16)11-15-13-17(21(4,5)6)8-10-19(15)18;1-8-6-9-4-2-3-5-10(9)7-8;1-2;;;/h7-13H,1-6H3;2-7H,1H3;1-2H2;2*1H;/q;;;;;+2/p-2. The van der Waals surface area contributed by atoms with E-state index >= 15 is 0 Å². The van der Waals surface area contributed by atoms with Crippen LogP contribution in [0.1, 0.15) is 89.1 Å². The fraction of sp³-hybridized carbons (Fsp3) is 0.394. The van der Waals surface area contributed by atoms with Gasteiger partial charge in [0.05, 0.1) is 0 Å². The Bertz CT molecular complexity index is 1290. The quantitative estimate of drug-likeness (QED) is 0.425. The minimum absolute atomic E-state index is 0. The van der Waals surface area contributed by atoms with Crippen LogP contribution in [0.5, 0.6) is 0 Å². The molecule has 0 amide bonds. The second-order valence-electron chi connectivity index (χ2n) is 13.2. The van der Waals surface area contributed by atoms with E-state index in [1.54, 1.807) is 22.3 Å². The normalized spacial score (nSPS) is 18.5. The van der Waals surface area contributed by atoms with Crippen LogP contribution >= 0.6 is 0 Å². The van der Waals surface area contributed by atoms with Crippen LogP contribution in [0.3, 0.4) is 0 Å². The molecule has 1 atom stereocenters. The first-order chi connectivity index (χ1) is 16.0. The number of hydrogen-bond acceptors (Lipinski definition) is 0. The second kappa shape index (κ2) is 9.25. The largest absolute Gasteiger partial charge is 1.00 e. The average Bonchev–Trinajstić information content (AvgIpc) is 3.36. The van der Waals surface area contributed by atoms with Gasteiger partial charge in [0.25, 0.3) is 0 Å². The summed E-state index contributed by atoms with van der Waals surface area (Å²) in [6.45, 7) is 16.6. The van der Waals surface area contributed by atoms with Gasteiger partial charge in [-0.25, -0.2) is 0 Å². The van der Waals surface area contributed by atoms with Crippen LogP contribution < -0.4 is 24.8 Å². The zero-order valence-corrected chi connectivity index (χ0v) is 26.6. The molecule has 6 rings (SSSR count). The van der Waals surface area contributed by atoms with Gasteiger partial charge in [-0.2, -0.15) is 0 Å². The molecule has 0 saturated carbocycles. The third-order valence-corrected chi connectivity index (χ3v) is 22.0. The maximum Gasteiger partial charge on any atom is -1.00 e. The summed E-state index contributed by atoms with van der Waals surface area (Å²) in [6, 6.07) is 24.2. The Kier molecular flexibility index (Phi) is 7.17. The summed E-state index contributed by atoms with van der Waals surface area (Å²) in [5.74, 6) is 0. The van der Waals surface area contributed by atoms with Gasteiger partial charge < -0.3 is 24.8 Å². The van der Waals surface area contributed by atoms with Crippen LogP contribution in [0.15, 0.2) is 66.2 Å². The summed E-state index contributed by atoms with van der Waals surface area (Å²) >= 11 is -2.62. The van der Waals surface area contributed by atoms with Gasteiger partial charge >= 0.3 is 212 Å². The monoisotopic (exact) mass is 594 g/mol. The van der Waals surface area contributed by atoms with Crippen LogP contribution in [-0.2, 0) is 31.1 Å². The van der Waals surface area contributed by atoms with Crippen LogP contribution in [0.2, 0.25) is 8.26 Å². The van der Waals surface area contributed by atoms with Crippen LogP contribution in [0, 0.1) is 0 Å². The predicted octanol–water partition coefficient (Wildman–Crippen LogP) is 3.52. The average molecular weight is 597 g/mol. The molecule has 36 heavy (non-hydrogen) atoms. The molecule has 0 aromatic heterocycles. The van der Waals surface area contributed by atoms with Gasteiger partial charge in [-0.1, -0.05) is 0 Å². The van der Waals surface area contributed by atoms with Gasteiger partial charge in [0.2, 0.25) is 0 Å². The number of fused-ring (bicyclic) bond motifs is 4. The summed E-state index contributed by atoms with van der Waals surface area (Å²) in [4.78, 5) is 0. The van der Waals surface area contributed by atoms with Gasteiger partial charge in [0, 0.05) is 0 Å². The van der Waals surface area contributed by atoms with Gasteiger partial charge in [0.1, 0.15) is 0 Å². The van der Waals surface area contributed by atoms with Gasteiger partial charge in [-0.3, -0.25) is 0 Å². The fourth-order valence-electron chi connectivity index (χ4n) is 6.94. The first kappa shape index (κ1) is 27.9. The maximum atomic E-state index is 2.62. The molecule has 1 unspecified atom stereocenters. The number of halogens is 2. The van der Waals surface area contributed by atoms with Crippen molar-refractivity contribution in [1.82, 2.24) is 0 Å². The second-order valence-corrected chi connectivity index (χ2v) is 24.6. The van der Waals surface area contributed by atoms with Crippen molar-refractivity contribution in [3.05, 3.63) is 99.6 Å². The van der Waals surface area contributed by atoms with Crippen molar-refractivity contribution >= 4 is 6.08 Å². The molecule has 1 saturated heterocycles. The molecule has 3 aromatic rings. The van der Waals surface area contributed by atoms with E-state index in [0.29, 0.717) is 3.63 Å². The summed E-state index contributed by atoms with van der Waals surface area (Å²) in [7, 11) is 0. The van der Waals surface area contributed by atoms with Crippen molar-refractivity contribution in [3.63, 3.8) is 0 Å². The van der Waals surface area contributed by atoms with Crippen molar-refractivity contribution < 1.29 is 45.1 Å². The number of benzene rings is 3. The number of allylic oxidation sites excluding steroid dienone is 1. The summed E-state index contributed by atoms with van der Waals surface area (Å²) in [5, 5.41) is 0. The molecular formula is C33H38Cl2Zr. The molecule has 0 N–H and O–H groups in total. The molecule has 3 aliphatic rings. The molecule has 2 aliphatic carbocycles. The van der Waals surface area contributed by atoms with Crippen LogP contribution in [-0.4, -0.2) is 0 Å². The van der Waals surface area contributed by atoms with Crippen LogP contribution in [0.25, 0.3) is 17.2 Å². The Balaban J connectivity index is 0.00000152. The summed E-state index contributed by atoms with van der Waals surface area (Å²) < 4.78 is 4.43.